The van der Waals surface area contributed by atoms with Crippen molar-refractivity contribution in [3.8, 4) is 28.4 Å². The van der Waals surface area contributed by atoms with Gasteiger partial charge in [-0.1, -0.05) is 63.8 Å². The van der Waals surface area contributed by atoms with Crippen LogP contribution in [-0.2, 0) is 16.1 Å². The van der Waals surface area contributed by atoms with E-state index in [-0.39, 0.29) is 5.92 Å². The number of nitrogens with two attached hydrogens (primary N) is 1. The Morgan fingerprint density at radius 2 is 1.69 bits per heavy atom. The normalized spacial score (nSPS) is 11.8. The highest BCUT2D eigenvalue weighted by atomic mass is 16.7. The summed E-state index contributed by atoms with van der Waals surface area (Å²) in [5.74, 6) is 5.96. The number of imidazole rings is 1. The van der Waals surface area contributed by atoms with Crippen molar-refractivity contribution in [1.29, 1.82) is 0 Å². The Bertz CT molecular complexity index is 965. The van der Waals surface area contributed by atoms with Crippen LogP contribution in [0.25, 0.3) is 22.6 Å². The highest BCUT2D eigenvalue weighted by molar-refractivity contribution is 5.72. The standard InChI is InChI=1S/C26H33N3O3/c1-3-4-5-6-7-16-31-23-14-12-21(13-15-23)24-18-28-25(29-24)22-10-8-20(9-11-22)17-19(2)26(30)32-27/h8-15,18-19H,3-7,16-17,27H2,1-2H3,(H,28,29). The van der Waals surface area contributed by atoms with E-state index in [2.05, 4.69) is 21.7 Å². The number of aromatic amines is 1. The van der Waals surface area contributed by atoms with Crippen LogP contribution in [0.2, 0.25) is 0 Å². The molecule has 1 unspecified atom stereocenters. The van der Waals surface area contributed by atoms with Crippen LogP contribution < -0.4 is 10.6 Å². The first-order valence-electron chi connectivity index (χ1n) is 11.4. The quantitative estimate of drug-likeness (QED) is 0.282. The van der Waals surface area contributed by atoms with Gasteiger partial charge in [-0.2, -0.15) is 5.90 Å². The molecule has 3 N–H and O–H groups in total. The molecule has 0 aliphatic heterocycles. The number of hydrogen-bond donors (Lipinski definition) is 2. The summed E-state index contributed by atoms with van der Waals surface area (Å²) in [5, 5.41) is 0. The van der Waals surface area contributed by atoms with Crippen molar-refractivity contribution in [2.24, 2.45) is 11.8 Å². The van der Waals surface area contributed by atoms with Crippen LogP contribution in [0.4, 0.5) is 0 Å². The number of rotatable bonds is 12. The lowest BCUT2D eigenvalue weighted by atomic mass is 10.0. The van der Waals surface area contributed by atoms with Gasteiger partial charge < -0.3 is 14.6 Å². The number of nitrogens with one attached hydrogen (secondary N) is 1. The fourth-order valence-electron chi connectivity index (χ4n) is 3.59. The molecular weight excluding hydrogens is 402 g/mol. The molecule has 1 heterocycles. The van der Waals surface area contributed by atoms with E-state index in [4.69, 9.17) is 10.6 Å². The molecule has 2 aromatic carbocycles. The number of ether oxygens (including phenoxy) is 1. The van der Waals surface area contributed by atoms with Crippen LogP contribution >= 0.6 is 0 Å². The monoisotopic (exact) mass is 435 g/mol. The highest BCUT2D eigenvalue weighted by Crippen LogP contribution is 2.25. The number of aromatic nitrogens is 2. The molecule has 0 aliphatic carbocycles. The molecule has 0 radical (unpaired) electrons. The number of carbonyl (C=O) groups excluding carboxylic acids is 1. The first-order chi connectivity index (χ1) is 15.6. The van der Waals surface area contributed by atoms with Crippen molar-refractivity contribution in [3.63, 3.8) is 0 Å². The van der Waals surface area contributed by atoms with Crippen LogP contribution in [0.3, 0.4) is 0 Å². The molecule has 3 rings (SSSR count). The molecule has 6 nitrogen and oxygen atoms in total. The zero-order valence-electron chi connectivity index (χ0n) is 19.0. The molecule has 32 heavy (non-hydrogen) atoms. The van der Waals surface area contributed by atoms with Gasteiger partial charge in [0.2, 0.25) is 0 Å². The van der Waals surface area contributed by atoms with E-state index in [1.54, 1.807) is 6.92 Å². The molecule has 6 heteroatoms. The van der Waals surface area contributed by atoms with Crippen LogP contribution in [0.1, 0.15) is 51.5 Å². The summed E-state index contributed by atoms with van der Waals surface area (Å²) in [6, 6.07) is 16.1. The van der Waals surface area contributed by atoms with Crippen molar-refractivity contribution in [1.82, 2.24) is 9.97 Å². The van der Waals surface area contributed by atoms with Crippen LogP contribution in [0, 0.1) is 5.92 Å². The van der Waals surface area contributed by atoms with Crippen molar-refractivity contribution < 1.29 is 14.4 Å². The number of benzene rings is 2. The van der Waals surface area contributed by atoms with Gasteiger partial charge in [-0.3, -0.25) is 4.79 Å². The first-order valence-corrected chi connectivity index (χ1v) is 11.4. The molecule has 0 fully saturated rings. The summed E-state index contributed by atoms with van der Waals surface area (Å²) in [5.41, 5.74) is 4.04. The molecule has 1 atom stereocenters. The Balaban J connectivity index is 1.55. The lowest BCUT2D eigenvalue weighted by Crippen LogP contribution is -2.20. The Kier molecular flexibility index (Phi) is 8.87. The second kappa shape index (κ2) is 12.1. The van der Waals surface area contributed by atoms with Gasteiger partial charge >= 0.3 is 5.97 Å². The van der Waals surface area contributed by atoms with Gasteiger partial charge in [-0.25, -0.2) is 4.98 Å². The Morgan fingerprint density at radius 3 is 2.38 bits per heavy atom. The third kappa shape index (κ3) is 6.69. The molecule has 1 aromatic heterocycles. The van der Waals surface area contributed by atoms with Gasteiger partial charge in [-0.15, -0.1) is 0 Å². The summed E-state index contributed by atoms with van der Waals surface area (Å²) in [6.07, 6.45) is 8.58. The van der Waals surface area contributed by atoms with E-state index >= 15 is 0 Å². The van der Waals surface area contributed by atoms with E-state index in [1.165, 1.54) is 25.7 Å². The molecule has 0 bridgehead atoms. The average molecular weight is 436 g/mol. The average Bonchev–Trinajstić information content (AvgIpc) is 3.32. The minimum atomic E-state index is -0.409. The predicted octanol–water partition coefficient (Wildman–Crippen LogP) is 5.69. The van der Waals surface area contributed by atoms with Crippen molar-refractivity contribution in [2.45, 2.75) is 52.4 Å². The van der Waals surface area contributed by atoms with E-state index in [1.807, 2.05) is 54.7 Å². The summed E-state index contributed by atoms with van der Waals surface area (Å²) < 4.78 is 5.85. The van der Waals surface area contributed by atoms with Crippen molar-refractivity contribution in [2.75, 3.05) is 6.61 Å². The Hall–Kier alpha value is -3.12. The summed E-state index contributed by atoms with van der Waals surface area (Å²) in [6.45, 7) is 4.79. The highest BCUT2D eigenvalue weighted by Gasteiger charge is 2.14. The fraction of sp³-hybridized carbons (Fsp3) is 0.385. The molecule has 0 amide bonds. The maximum Gasteiger partial charge on any atom is 0.327 e. The Morgan fingerprint density at radius 1 is 1.00 bits per heavy atom. The van der Waals surface area contributed by atoms with Gasteiger partial charge in [0.1, 0.15) is 11.6 Å². The summed E-state index contributed by atoms with van der Waals surface area (Å²) in [4.78, 5) is 23.7. The lowest BCUT2D eigenvalue weighted by molar-refractivity contribution is -0.148. The van der Waals surface area contributed by atoms with E-state index in [9.17, 15) is 4.79 Å². The largest absolute Gasteiger partial charge is 0.494 e. The van der Waals surface area contributed by atoms with Gasteiger partial charge in [-0.05, 0) is 48.2 Å². The topological polar surface area (TPSA) is 90.2 Å². The minimum absolute atomic E-state index is 0.283. The van der Waals surface area contributed by atoms with E-state index < -0.39 is 5.97 Å². The second-order valence-electron chi connectivity index (χ2n) is 8.17. The summed E-state index contributed by atoms with van der Waals surface area (Å²) >= 11 is 0. The molecule has 0 saturated carbocycles. The smallest absolute Gasteiger partial charge is 0.327 e. The third-order valence-electron chi connectivity index (χ3n) is 5.55. The number of hydrogen-bond acceptors (Lipinski definition) is 5. The fourth-order valence-corrected chi connectivity index (χ4v) is 3.59. The maximum absolute atomic E-state index is 11.5. The van der Waals surface area contributed by atoms with Crippen LogP contribution in [0.15, 0.2) is 54.7 Å². The molecule has 0 aliphatic rings. The van der Waals surface area contributed by atoms with Crippen LogP contribution in [0.5, 0.6) is 5.75 Å². The molecule has 3 aromatic rings. The summed E-state index contributed by atoms with van der Waals surface area (Å²) in [7, 11) is 0. The Labute approximate surface area is 190 Å². The van der Waals surface area contributed by atoms with Gasteiger partial charge in [0, 0.05) is 5.56 Å². The predicted molar refractivity (Wildman–Crippen MR) is 127 cm³/mol. The zero-order chi connectivity index (χ0) is 22.8. The molecule has 0 saturated heterocycles. The zero-order valence-corrected chi connectivity index (χ0v) is 19.0. The van der Waals surface area contributed by atoms with Crippen molar-refractivity contribution >= 4 is 5.97 Å². The number of H-pyrrole nitrogens is 1. The SMILES string of the molecule is CCCCCCCOc1ccc(-c2cnc(-c3ccc(CC(C)C(=O)ON)cc3)[nH]2)cc1. The van der Waals surface area contributed by atoms with Crippen LogP contribution in [-0.4, -0.2) is 22.5 Å². The minimum Gasteiger partial charge on any atom is -0.494 e. The molecule has 0 spiro atoms. The van der Waals surface area contributed by atoms with Crippen molar-refractivity contribution in [3.05, 3.63) is 60.3 Å². The van der Waals surface area contributed by atoms with E-state index in [0.717, 1.165) is 47.0 Å². The third-order valence-corrected chi connectivity index (χ3v) is 5.55. The molecule has 170 valence electrons. The van der Waals surface area contributed by atoms with E-state index in [0.29, 0.717) is 6.42 Å². The van der Waals surface area contributed by atoms with Gasteiger partial charge in [0.05, 0.1) is 24.4 Å². The maximum atomic E-state index is 11.5. The number of unbranched alkanes of at least 4 members (excludes halogenated alkanes) is 4. The van der Waals surface area contributed by atoms with Gasteiger partial charge in [0.25, 0.3) is 0 Å². The lowest BCUT2D eigenvalue weighted by Gasteiger charge is -2.08. The second-order valence-corrected chi connectivity index (χ2v) is 8.17. The number of carbonyl (C=O) groups is 1. The molecular formula is C26H33N3O3. The van der Waals surface area contributed by atoms with Gasteiger partial charge in [0.15, 0.2) is 0 Å². The first kappa shape index (κ1) is 23.5. The number of nitrogens with zero attached hydrogens (tertiary/aromatic N) is 1.